The highest BCUT2D eigenvalue weighted by molar-refractivity contribution is 6.30. The SMILES string of the molecule is CC(=O)NC1(c2ccccc2)CCN(C[C@@H]2C[C@@]2(C(=O)NCCc2ccc(F)cc2)c2ccc(Cl)cc2)CC1. The molecule has 2 fully saturated rings. The summed E-state index contributed by atoms with van der Waals surface area (Å²) in [6.07, 6.45) is 3.06. The van der Waals surface area contributed by atoms with Gasteiger partial charge in [0.25, 0.3) is 0 Å². The summed E-state index contributed by atoms with van der Waals surface area (Å²) in [5.74, 6) is -0.0602. The quantitative estimate of drug-likeness (QED) is 0.386. The van der Waals surface area contributed by atoms with E-state index in [1.54, 1.807) is 19.1 Å². The summed E-state index contributed by atoms with van der Waals surface area (Å²) >= 11 is 6.16. The molecule has 204 valence electrons. The van der Waals surface area contributed by atoms with Crippen LogP contribution in [0.1, 0.15) is 42.9 Å². The zero-order valence-electron chi connectivity index (χ0n) is 22.3. The molecule has 7 heteroatoms. The van der Waals surface area contributed by atoms with Crippen molar-refractivity contribution in [2.45, 2.75) is 43.6 Å². The second kappa shape index (κ2) is 11.5. The summed E-state index contributed by atoms with van der Waals surface area (Å²) < 4.78 is 13.2. The fourth-order valence-corrected chi connectivity index (χ4v) is 6.32. The number of hydrogen-bond donors (Lipinski definition) is 2. The molecule has 2 atom stereocenters. The van der Waals surface area contributed by atoms with E-state index in [1.165, 1.54) is 12.1 Å². The molecule has 5 rings (SSSR count). The van der Waals surface area contributed by atoms with Gasteiger partial charge in [-0.25, -0.2) is 4.39 Å². The van der Waals surface area contributed by atoms with E-state index >= 15 is 0 Å². The Morgan fingerprint density at radius 1 is 0.949 bits per heavy atom. The summed E-state index contributed by atoms with van der Waals surface area (Å²) in [7, 11) is 0. The van der Waals surface area contributed by atoms with Crippen molar-refractivity contribution in [3.8, 4) is 0 Å². The number of piperidine rings is 1. The predicted molar refractivity (Wildman–Crippen MR) is 152 cm³/mol. The first kappa shape index (κ1) is 27.4. The lowest BCUT2D eigenvalue weighted by molar-refractivity contribution is -0.124. The van der Waals surface area contributed by atoms with Crippen LogP contribution in [-0.4, -0.2) is 42.9 Å². The number of carbonyl (C=O) groups is 2. The molecule has 0 aromatic heterocycles. The van der Waals surface area contributed by atoms with E-state index in [0.717, 1.165) is 55.6 Å². The van der Waals surface area contributed by atoms with Crippen LogP contribution in [0.5, 0.6) is 0 Å². The molecule has 1 heterocycles. The van der Waals surface area contributed by atoms with Gasteiger partial charge in [0.15, 0.2) is 0 Å². The highest BCUT2D eigenvalue weighted by atomic mass is 35.5. The third-order valence-corrected chi connectivity index (χ3v) is 8.66. The van der Waals surface area contributed by atoms with E-state index < -0.39 is 5.41 Å². The van der Waals surface area contributed by atoms with Gasteiger partial charge in [-0.15, -0.1) is 0 Å². The van der Waals surface area contributed by atoms with Gasteiger partial charge in [0, 0.05) is 38.1 Å². The van der Waals surface area contributed by atoms with Crippen molar-refractivity contribution >= 4 is 23.4 Å². The maximum Gasteiger partial charge on any atom is 0.231 e. The fourth-order valence-electron chi connectivity index (χ4n) is 6.20. The zero-order valence-corrected chi connectivity index (χ0v) is 23.0. The van der Waals surface area contributed by atoms with Gasteiger partial charge in [0.05, 0.1) is 11.0 Å². The van der Waals surface area contributed by atoms with Crippen LogP contribution in [0.15, 0.2) is 78.9 Å². The number of carbonyl (C=O) groups excluding carboxylic acids is 2. The largest absolute Gasteiger partial charge is 0.355 e. The molecule has 3 aromatic rings. The van der Waals surface area contributed by atoms with Gasteiger partial charge in [-0.3, -0.25) is 9.59 Å². The first-order valence-corrected chi connectivity index (χ1v) is 14.0. The summed E-state index contributed by atoms with van der Waals surface area (Å²) in [5, 5.41) is 7.04. The van der Waals surface area contributed by atoms with E-state index in [0.29, 0.717) is 18.0 Å². The smallest absolute Gasteiger partial charge is 0.231 e. The number of nitrogens with zero attached hydrogens (tertiary/aromatic N) is 1. The minimum Gasteiger partial charge on any atom is -0.355 e. The molecule has 1 saturated carbocycles. The molecule has 2 amide bonds. The molecule has 2 N–H and O–H groups in total. The van der Waals surface area contributed by atoms with Crippen molar-refractivity contribution in [3.05, 3.63) is 106 Å². The Balaban J connectivity index is 1.25. The first-order valence-electron chi connectivity index (χ1n) is 13.7. The van der Waals surface area contributed by atoms with Crippen LogP contribution in [0, 0.1) is 11.7 Å². The third kappa shape index (κ3) is 6.02. The molecule has 0 bridgehead atoms. The normalized spacial score (nSPS) is 22.2. The Hall–Kier alpha value is -3.22. The first-order chi connectivity index (χ1) is 18.8. The van der Waals surface area contributed by atoms with Crippen LogP contribution in [-0.2, 0) is 27.0 Å². The number of amides is 2. The lowest BCUT2D eigenvalue weighted by atomic mass is 9.80. The molecule has 0 unspecified atom stereocenters. The van der Waals surface area contributed by atoms with Crippen LogP contribution in [0.25, 0.3) is 0 Å². The van der Waals surface area contributed by atoms with Crippen LogP contribution >= 0.6 is 11.6 Å². The molecule has 0 radical (unpaired) electrons. The second-order valence-corrected chi connectivity index (χ2v) is 11.4. The van der Waals surface area contributed by atoms with Crippen molar-refractivity contribution in [2.24, 2.45) is 5.92 Å². The second-order valence-electron chi connectivity index (χ2n) is 10.9. The Labute approximate surface area is 234 Å². The molecule has 1 saturated heterocycles. The maximum atomic E-state index is 13.6. The monoisotopic (exact) mass is 547 g/mol. The Kier molecular flexibility index (Phi) is 8.06. The highest BCUT2D eigenvalue weighted by Gasteiger charge is 2.61. The van der Waals surface area contributed by atoms with E-state index in [2.05, 4.69) is 27.7 Å². The molecular formula is C32H35ClFN3O2. The van der Waals surface area contributed by atoms with Crippen LogP contribution in [0.4, 0.5) is 4.39 Å². The van der Waals surface area contributed by atoms with Gasteiger partial charge in [-0.05, 0) is 72.6 Å². The Morgan fingerprint density at radius 2 is 1.62 bits per heavy atom. The summed E-state index contributed by atoms with van der Waals surface area (Å²) in [5.41, 5.74) is 2.17. The minimum atomic E-state index is -0.584. The summed E-state index contributed by atoms with van der Waals surface area (Å²) in [6.45, 7) is 4.57. The number of likely N-dealkylation sites (tertiary alicyclic amines) is 1. The van der Waals surface area contributed by atoms with Gasteiger partial charge in [0.1, 0.15) is 5.82 Å². The van der Waals surface area contributed by atoms with Gasteiger partial charge in [-0.2, -0.15) is 0 Å². The Morgan fingerprint density at radius 3 is 2.26 bits per heavy atom. The molecule has 1 aliphatic heterocycles. The van der Waals surface area contributed by atoms with Crippen molar-refractivity contribution in [1.29, 1.82) is 0 Å². The molecule has 1 aliphatic carbocycles. The molecule has 2 aliphatic rings. The van der Waals surface area contributed by atoms with Crippen molar-refractivity contribution in [1.82, 2.24) is 15.5 Å². The van der Waals surface area contributed by atoms with E-state index in [-0.39, 0.29) is 29.1 Å². The molecule has 39 heavy (non-hydrogen) atoms. The number of nitrogens with one attached hydrogen (secondary N) is 2. The molecular weight excluding hydrogens is 513 g/mol. The van der Waals surface area contributed by atoms with E-state index in [1.807, 2.05) is 42.5 Å². The Bertz CT molecular complexity index is 1290. The highest BCUT2D eigenvalue weighted by Crippen LogP contribution is 2.55. The van der Waals surface area contributed by atoms with E-state index in [9.17, 15) is 14.0 Å². The van der Waals surface area contributed by atoms with Crippen LogP contribution in [0.2, 0.25) is 5.02 Å². The lowest BCUT2D eigenvalue weighted by Gasteiger charge is -2.43. The van der Waals surface area contributed by atoms with Crippen molar-refractivity contribution < 1.29 is 14.0 Å². The fraction of sp³-hybridized carbons (Fsp3) is 0.375. The minimum absolute atomic E-state index is 0.0199. The molecule has 3 aromatic carbocycles. The predicted octanol–water partition coefficient (Wildman–Crippen LogP) is 5.22. The van der Waals surface area contributed by atoms with E-state index in [4.69, 9.17) is 11.6 Å². The summed E-state index contributed by atoms with van der Waals surface area (Å²) in [4.78, 5) is 28.2. The van der Waals surface area contributed by atoms with Crippen LogP contribution < -0.4 is 10.6 Å². The molecule has 0 spiro atoms. The van der Waals surface area contributed by atoms with Gasteiger partial charge in [-0.1, -0.05) is 66.2 Å². The van der Waals surface area contributed by atoms with Gasteiger partial charge >= 0.3 is 0 Å². The van der Waals surface area contributed by atoms with Gasteiger partial charge < -0.3 is 15.5 Å². The van der Waals surface area contributed by atoms with Gasteiger partial charge in [0.2, 0.25) is 11.8 Å². The zero-order chi connectivity index (χ0) is 27.5. The number of benzene rings is 3. The van der Waals surface area contributed by atoms with Crippen LogP contribution in [0.3, 0.4) is 0 Å². The average Bonchev–Trinajstić information content (AvgIpc) is 3.66. The summed E-state index contributed by atoms with van der Waals surface area (Å²) in [6, 6.07) is 24.2. The molecule has 5 nitrogen and oxygen atoms in total. The standard InChI is InChI=1S/C32H35ClFN3O2/c1-23(38)36-31(25-5-3-2-4-6-25)16-19-37(20-17-31)22-27-21-32(27,26-9-11-28(33)12-10-26)30(39)35-18-15-24-7-13-29(34)14-8-24/h2-14,27H,15-22H2,1H3,(H,35,39)(H,36,38)/t27-,32+/m0/s1. The third-order valence-electron chi connectivity index (χ3n) is 8.41. The van der Waals surface area contributed by atoms with Crippen molar-refractivity contribution in [3.63, 3.8) is 0 Å². The van der Waals surface area contributed by atoms with Crippen molar-refractivity contribution in [2.75, 3.05) is 26.2 Å². The lowest BCUT2D eigenvalue weighted by Crippen LogP contribution is -2.53. The average molecular weight is 548 g/mol. The number of halogens is 2. The maximum absolute atomic E-state index is 13.6. The topological polar surface area (TPSA) is 61.4 Å². The number of rotatable bonds is 9. The number of hydrogen-bond acceptors (Lipinski definition) is 3.